The maximum atomic E-state index is 12.4. The van der Waals surface area contributed by atoms with E-state index < -0.39 is 10.0 Å². The van der Waals surface area contributed by atoms with Crippen LogP contribution in [0.2, 0.25) is 0 Å². The molecular formula is C15H29NO3S. The molecule has 0 aliphatic heterocycles. The lowest BCUT2D eigenvalue weighted by Crippen LogP contribution is -2.41. The molecule has 1 fully saturated rings. The molecule has 1 rings (SSSR count). The van der Waals surface area contributed by atoms with E-state index in [0.29, 0.717) is 17.8 Å². The quantitative estimate of drug-likeness (QED) is 0.784. The molecule has 20 heavy (non-hydrogen) atoms. The molecule has 0 aromatic carbocycles. The molecule has 1 aliphatic rings. The van der Waals surface area contributed by atoms with Crippen molar-refractivity contribution >= 4 is 15.9 Å². The van der Waals surface area contributed by atoms with E-state index >= 15 is 0 Å². The molecule has 1 aliphatic carbocycles. The summed E-state index contributed by atoms with van der Waals surface area (Å²) < 4.78 is 24.6. The second-order valence-corrected chi connectivity index (χ2v) is 8.72. The average Bonchev–Trinajstić information content (AvgIpc) is 2.75. The Kier molecular flexibility index (Phi) is 5.64. The topological polar surface area (TPSA) is 54.5 Å². The monoisotopic (exact) mass is 303 g/mol. The van der Waals surface area contributed by atoms with E-state index in [1.807, 2.05) is 6.92 Å². The van der Waals surface area contributed by atoms with Crippen molar-refractivity contribution in [3.63, 3.8) is 0 Å². The molecule has 1 amide bonds. The first-order valence-corrected chi connectivity index (χ1v) is 9.24. The van der Waals surface area contributed by atoms with Crippen LogP contribution in [0.15, 0.2) is 0 Å². The summed E-state index contributed by atoms with van der Waals surface area (Å²) in [5.74, 6) is 1.48. The van der Waals surface area contributed by atoms with E-state index in [0.717, 1.165) is 10.7 Å². The normalized spacial score (nSPS) is 30.0. The Hall–Kier alpha value is -0.580. The van der Waals surface area contributed by atoms with E-state index in [2.05, 4.69) is 20.8 Å². The van der Waals surface area contributed by atoms with E-state index in [1.165, 1.54) is 13.5 Å². The highest BCUT2D eigenvalue weighted by atomic mass is 32.2. The summed E-state index contributed by atoms with van der Waals surface area (Å²) in [7, 11) is -2.06. The zero-order chi connectivity index (χ0) is 15.7. The highest BCUT2D eigenvalue weighted by molar-refractivity contribution is 7.89. The van der Waals surface area contributed by atoms with Gasteiger partial charge in [-0.2, -0.15) is 0 Å². The van der Waals surface area contributed by atoms with Crippen LogP contribution in [0.25, 0.3) is 0 Å². The van der Waals surface area contributed by atoms with Gasteiger partial charge < -0.3 is 0 Å². The number of hydrogen-bond donors (Lipinski definition) is 0. The molecular weight excluding hydrogens is 274 g/mol. The van der Waals surface area contributed by atoms with Crippen LogP contribution in [-0.4, -0.2) is 31.4 Å². The zero-order valence-electron chi connectivity index (χ0n) is 13.6. The summed E-state index contributed by atoms with van der Waals surface area (Å²) in [6.07, 6.45) is 2.35. The minimum Gasteiger partial charge on any atom is -0.274 e. The highest BCUT2D eigenvalue weighted by Gasteiger charge is 2.39. The Balaban J connectivity index is 2.79. The third-order valence-corrected chi connectivity index (χ3v) is 7.22. The van der Waals surface area contributed by atoms with Gasteiger partial charge in [-0.15, -0.1) is 0 Å². The number of sulfonamides is 1. The summed E-state index contributed by atoms with van der Waals surface area (Å²) in [6, 6.07) is 0. The van der Waals surface area contributed by atoms with Crippen LogP contribution in [0.4, 0.5) is 0 Å². The Labute approximate surface area is 124 Å². The van der Waals surface area contributed by atoms with Gasteiger partial charge in [-0.25, -0.2) is 12.7 Å². The first-order chi connectivity index (χ1) is 9.13. The number of hydrogen-bond acceptors (Lipinski definition) is 3. The van der Waals surface area contributed by atoms with Crippen LogP contribution >= 0.6 is 0 Å². The SMILES string of the molecule is CCS(=O)(=O)N(C)C(=O)C(C)C(C)[C@H]1CC[C@@H](C)[C@H]1C. The molecule has 0 radical (unpaired) electrons. The molecule has 0 N–H and O–H groups in total. The van der Waals surface area contributed by atoms with Gasteiger partial charge in [0.15, 0.2) is 0 Å². The van der Waals surface area contributed by atoms with Crippen LogP contribution in [0, 0.1) is 29.6 Å². The first kappa shape index (κ1) is 17.5. The molecule has 0 bridgehead atoms. The summed E-state index contributed by atoms with van der Waals surface area (Å²) in [5.41, 5.74) is 0. The maximum Gasteiger partial charge on any atom is 0.238 e. The van der Waals surface area contributed by atoms with Gasteiger partial charge in [0.1, 0.15) is 0 Å². The second-order valence-electron chi connectivity index (χ2n) is 6.43. The van der Waals surface area contributed by atoms with Crippen molar-refractivity contribution < 1.29 is 13.2 Å². The second kappa shape index (κ2) is 6.46. The molecule has 0 saturated heterocycles. The minimum absolute atomic E-state index is 0.0345. The Morgan fingerprint density at radius 3 is 2.20 bits per heavy atom. The van der Waals surface area contributed by atoms with Crippen LogP contribution in [0.1, 0.15) is 47.5 Å². The third-order valence-electron chi connectivity index (χ3n) is 5.47. The van der Waals surface area contributed by atoms with Crippen LogP contribution in [0.5, 0.6) is 0 Å². The van der Waals surface area contributed by atoms with Crippen LogP contribution in [0.3, 0.4) is 0 Å². The van der Waals surface area contributed by atoms with Gasteiger partial charge in [-0.1, -0.05) is 34.1 Å². The van der Waals surface area contributed by atoms with Crippen molar-refractivity contribution in [1.82, 2.24) is 4.31 Å². The lowest BCUT2D eigenvalue weighted by atomic mass is 9.77. The fourth-order valence-corrected chi connectivity index (χ4v) is 4.19. The fourth-order valence-electron chi connectivity index (χ4n) is 3.36. The zero-order valence-corrected chi connectivity index (χ0v) is 14.4. The molecule has 5 heteroatoms. The lowest BCUT2D eigenvalue weighted by molar-refractivity contribution is -0.131. The third kappa shape index (κ3) is 3.35. The van der Waals surface area contributed by atoms with E-state index in [-0.39, 0.29) is 23.5 Å². The Morgan fingerprint density at radius 2 is 1.80 bits per heavy atom. The van der Waals surface area contributed by atoms with E-state index in [1.54, 1.807) is 6.92 Å². The van der Waals surface area contributed by atoms with Crippen molar-refractivity contribution in [1.29, 1.82) is 0 Å². The maximum absolute atomic E-state index is 12.4. The number of nitrogens with zero attached hydrogens (tertiary/aromatic N) is 1. The van der Waals surface area contributed by atoms with Gasteiger partial charge in [-0.05, 0) is 37.0 Å². The molecule has 5 atom stereocenters. The number of carbonyl (C=O) groups is 1. The molecule has 4 nitrogen and oxygen atoms in total. The van der Waals surface area contributed by atoms with Gasteiger partial charge >= 0.3 is 0 Å². The average molecular weight is 303 g/mol. The smallest absolute Gasteiger partial charge is 0.238 e. The van der Waals surface area contributed by atoms with Crippen LogP contribution in [-0.2, 0) is 14.8 Å². The largest absolute Gasteiger partial charge is 0.274 e. The predicted molar refractivity (Wildman–Crippen MR) is 81.6 cm³/mol. The molecule has 0 aromatic heterocycles. The standard InChI is InChI=1S/C15H29NO3S/c1-7-20(18,19)16(6)15(17)13(5)12(4)14-9-8-10(2)11(14)3/h10-14H,7-9H2,1-6H3/t10-,11-,12?,13?,14+/m1/s1. The summed E-state index contributed by atoms with van der Waals surface area (Å²) in [4.78, 5) is 12.4. The molecule has 118 valence electrons. The van der Waals surface area contributed by atoms with Gasteiger partial charge in [-0.3, -0.25) is 4.79 Å². The fraction of sp³-hybridized carbons (Fsp3) is 0.933. The molecule has 0 aromatic rings. The minimum atomic E-state index is -3.44. The van der Waals surface area contributed by atoms with Crippen molar-refractivity contribution in [2.75, 3.05) is 12.8 Å². The predicted octanol–water partition coefficient (Wildman–Crippen LogP) is 2.75. The van der Waals surface area contributed by atoms with E-state index in [9.17, 15) is 13.2 Å². The van der Waals surface area contributed by atoms with Gasteiger partial charge in [0, 0.05) is 13.0 Å². The number of carbonyl (C=O) groups excluding carboxylic acids is 1. The molecule has 1 saturated carbocycles. The van der Waals surface area contributed by atoms with Crippen molar-refractivity contribution in [2.24, 2.45) is 29.6 Å². The first-order valence-electron chi connectivity index (χ1n) is 7.63. The van der Waals surface area contributed by atoms with Crippen LogP contribution < -0.4 is 0 Å². The summed E-state index contributed by atoms with van der Waals surface area (Å²) in [5, 5.41) is 0. The van der Waals surface area contributed by atoms with Gasteiger partial charge in [0.25, 0.3) is 0 Å². The van der Waals surface area contributed by atoms with Crippen molar-refractivity contribution in [2.45, 2.75) is 47.5 Å². The highest BCUT2D eigenvalue weighted by Crippen LogP contribution is 2.43. The van der Waals surface area contributed by atoms with E-state index in [4.69, 9.17) is 0 Å². The summed E-state index contributed by atoms with van der Waals surface area (Å²) >= 11 is 0. The number of amides is 1. The number of rotatable bonds is 5. The van der Waals surface area contributed by atoms with Gasteiger partial charge in [0.2, 0.25) is 15.9 Å². The summed E-state index contributed by atoms with van der Waals surface area (Å²) in [6.45, 7) is 10.0. The Morgan fingerprint density at radius 1 is 1.25 bits per heavy atom. The molecule has 0 heterocycles. The molecule has 2 unspecified atom stereocenters. The molecule has 0 spiro atoms. The van der Waals surface area contributed by atoms with Gasteiger partial charge in [0.05, 0.1) is 5.75 Å². The lowest BCUT2D eigenvalue weighted by Gasteiger charge is -2.31. The van der Waals surface area contributed by atoms with Crippen molar-refractivity contribution in [3.05, 3.63) is 0 Å². The van der Waals surface area contributed by atoms with Crippen molar-refractivity contribution in [3.8, 4) is 0 Å². The Bertz CT molecular complexity index is 446.